The van der Waals surface area contributed by atoms with Crippen LogP contribution in [0, 0.1) is 0 Å². The van der Waals surface area contributed by atoms with Gasteiger partial charge in [-0.15, -0.1) is 4.72 Å². The molecule has 1 aliphatic rings. The number of carboxylic acid groups (broad SMARTS) is 1. The summed E-state index contributed by atoms with van der Waals surface area (Å²) >= 11 is -1.58. The van der Waals surface area contributed by atoms with Gasteiger partial charge >= 0.3 is 6.09 Å². The number of carbonyl (C=O) groups is 1. The maximum atomic E-state index is 13.1. The smallest absolute Gasteiger partial charge is 0.407 e. The van der Waals surface area contributed by atoms with Crippen molar-refractivity contribution >= 4 is 17.5 Å². The van der Waals surface area contributed by atoms with Gasteiger partial charge in [0.05, 0.1) is 12.6 Å². The zero-order valence-corrected chi connectivity index (χ0v) is 20.2. The maximum Gasteiger partial charge on any atom is 0.407 e. The van der Waals surface area contributed by atoms with Crippen LogP contribution in [0.1, 0.15) is 39.2 Å². The molecule has 3 rings (SSSR count). The van der Waals surface area contributed by atoms with Crippen molar-refractivity contribution in [3.63, 3.8) is 0 Å². The van der Waals surface area contributed by atoms with Crippen LogP contribution < -0.4 is 4.72 Å². The van der Waals surface area contributed by atoms with Gasteiger partial charge in [-0.3, -0.25) is 0 Å². The van der Waals surface area contributed by atoms with Gasteiger partial charge in [-0.1, -0.05) is 54.6 Å². The van der Waals surface area contributed by atoms with Crippen molar-refractivity contribution in [2.75, 3.05) is 13.2 Å². The molecule has 1 saturated heterocycles. The van der Waals surface area contributed by atoms with Crippen LogP contribution in [-0.4, -0.2) is 66.4 Å². The number of hydrogen-bond donors (Lipinski definition) is 4. The first-order valence-corrected chi connectivity index (χ1v) is 12.4. The number of amides is 1. The second-order valence-electron chi connectivity index (χ2n) is 9.59. The van der Waals surface area contributed by atoms with Crippen LogP contribution in [-0.2, 0) is 17.8 Å². The molecule has 0 radical (unpaired) electrons. The van der Waals surface area contributed by atoms with E-state index in [2.05, 4.69) is 4.72 Å². The Labute approximate surface area is 198 Å². The predicted octanol–water partition coefficient (Wildman–Crippen LogP) is 3.18. The van der Waals surface area contributed by atoms with E-state index in [0.717, 1.165) is 16.7 Å². The van der Waals surface area contributed by atoms with Gasteiger partial charge in [0, 0.05) is 17.9 Å². The van der Waals surface area contributed by atoms with Gasteiger partial charge in [0.15, 0.2) is 0 Å². The molecule has 33 heavy (non-hydrogen) atoms. The van der Waals surface area contributed by atoms with Gasteiger partial charge in [0.1, 0.15) is 16.4 Å². The number of piperidine rings is 1. The summed E-state index contributed by atoms with van der Waals surface area (Å²) in [6, 6.07) is 17.0. The molecule has 0 bridgehead atoms. The summed E-state index contributed by atoms with van der Waals surface area (Å²) in [5, 5.41) is 30.9. The van der Waals surface area contributed by atoms with Crippen LogP contribution in [0.25, 0.3) is 11.1 Å². The molecule has 2 aromatic rings. The van der Waals surface area contributed by atoms with Crippen molar-refractivity contribution in [1.82, 2.24) is 9.62 Å². The largest absolute Gasteiger partial charge is 0.598 e. The minimum atomic E-state index is -1.58. The Bertz CT molecular complexity index is 936. The van der Waals surface area contributed by atoms with Crippen LogP contribution in [0.4, 0.5) is 4.79 Å². The monoisotopic (exact) mass is 474 g/mol. The number of benzene rings is 2. The summed E-state index contributed by atoms with van der Waals surface area (Å²) in [5.41, 5.74) is 1.69. The van der Waals surface area contributed by atoms with Crippen LogP contribution in [0.2, 0.25) is 0 Å². The highest BCUT2D eigenvalue weighted by Crippen LogP contribution is 2.36. The van der Waals surface area contributed by atoms with Crippen molar-refractivity contribution in [3.8, 4) is 11.1 Å². The molecule has 1 amide bonds. The van der Waals surface area contributed by atoms with E-state index in [1.165, 1.54) is 4.90 Å². The van der Waals surface area contributed by atoms with E-state index in [4.69, 9.17) is 0 Å². The molecule has 7 nitrogen and oxygen atoms in total. The van der Waals surface area contributed by atoms with Crippen molar-refractivity contribution < 1.29 is 24.7 Å². The number of nitrogens with zero attached hydrogens (tertiary/aromatic N) is 1. The highest BCUT2D eigenvalue weighted by Gasteiger charge is 2.54. The summed E-state index contributed by atoms with van der Waals surface area (Å²) in [6.45, 7) is 5.17. The molecule has 2 unspecified atom stereocenters. The van der Waals surface area contributed by atoms with Crippen LogP contribution in [0.15, 0.2) is 54.6 Å². The van der Waals surface area contributed by atoms with Gasteiger partial charge in [-0.25, -0.2) is 4.79 Å². The van der Waals surface area contributed by atoms with Crippen LogP contribution in [0.3, 0.4) is 0 Å². The van der Waals surface area contributed by atoms with Crippen molar-refractivity contribution in [2.45, 2.75) is 62.5 Å². The third kappa shape index (κ3) is 5.70. The third-order valence-electron chi connectivity index (χ3n) is 6.28. The first kappa shape index (κ1) is 25.5. The molecule has 0 aliphatic carbocycles. The highest BCUT2D eigenvalue weighted by atomic mass is 32.2. The van der Waals surface area contributed by atoms with E-state index in [1.54, 1.807) is 0 Å². The van der Waals surface area contributed by atoms with Crippen molar-refractivity contribution in [1.29, 1.82) is 0 Å². The number of hydrogen-bond acceptors (Lipinski definition) is 5. The summed E-state index contributed by atoms with van der Waals surface area (Å²) in [4.78, 5) is 13.5. The fraction of sp³-hybridized carbons (Fsp3) is 0.480. The zero-order chi connectivity index (χ0) is 24.2. The van der Waals surface area contributed by atoms with E-state index in [9.17, 15) is 24.7 Å². The fourth-order valence-corrected chi connectivity index (χ4v) is 5.49. The summed E-state index contributed by atoms with van der Waals surface area (Å²) in [5.74, 6) is 0. The molecule has 1 heterocycles. The van der Waals surface area contributed by atoms with Crippen molar-refractivity contribution in [3.05, 3.63) is 60.2 Å². The molecule has 4 N–H and O–H groups in total. The topological polar surface area (TPSA) is 116 Å². The minimum absolute atomic E-state index is 0.304. The normalized spacial score (nSPS) is 23.2. The first-order valence-electron chi connectivity index (χ1n) is 11.2. The second kappa shape index (κ2) is 10.4. The molecule has 1 fully saturated rings. The quantitative estimate of drug-likeness (QED) is 0.458. The van der Waals surface area contributed by atoms with Gasteiger partial charge in [0.2, 0.25) is 0 Å². The first-order chi connectivity index (χ1) is 15.6. The molecular weight excluding hydrogens is 440 g/mol. The van der Waals surface area contributed by atoms with Gasteiger partial charge in [0.25, 0.3) is 0 Å². The standard InChI is InChI=1S/C25H34N2O5S/c1-24(2,3)33(32)26-25(22(29)17-28)13-8-14-27(23(30)31)21(25)16-18-9-7-12-20(15-18)19-10-5-4-6-11-19/h4-7,9-12,15,21-22,26,28-29H,8,13-14,16-17H2,1-3H3,(H,30,31)/t21-,22?,25-,33?/m0/s1. The lowest BCUT2D eigenvalue weighted by Crippen LogP contribution is -2.73. The fourth-order valence-electron chi connectivity index (χ4n) is 4.46. The Morgan fingerprint density at radius 1 is 1.21 bits per heavy atom. The van der Waals surface area contributed by atoms with Crippen molar-refractivity contribution in [2.24, 2.45) is 0 Å². The Hall–Kier alpha value is -2.10. The molecule has 1 aliphatic heterocycles. The molecule has 180 valence electrons. The average Bonchev–Trinajstić information content (AvgIpc) is 2.79. The zero-order valence-electron chi connectivity index (χ0n) is 19.4. The van der Waals surface area contributed by atoms with Crippen LogP contribution >= 0.6 is 0 Å². The Morgan fingerprint density at radius 3 is 2.48 bits per heavy atom. The van der Waals surface area contributed by atoms with Crippen LogP contribution in [0.5, 0.6) is 0 Å². The third-order valence-corrected chi connectivity index (χ3v) is 7.95. The van der Waals surface area contributed by atoms with E-state index in [1.807, 2.05) is 75.4 Å². The average molecular weight is 475 g/mol. The molecule has 2 aromatic carbocycles. The minimum Gasteiger partial charge on any atom is -0.598 e. The lowest BCUT2D eigenvalue weighted by molar-refractivity contribution is -0.0432. The predicted molar refractivity (Wildman–Crippen MR) is 130 cm³/mol. The SMILES string of the molecule is CC(C)(C)[S+]([O-])N[C@@]1(C(O)CO)CCCN(C(=O)O)[C@H]1Cc1cccc(-c2ccccc2)c1. The molecule has 0 saturated carbocycles. The summed E-state index contributed by atoms with van der Waals surface area (Å²) in [7, 11) is 0. The van der Waals surface area contributed by atoms with E-state index >= 15 is 0 Å². The summed E-state index contributed by atoms with van der Waals surface area (Å²) in [6.07, 6.45) is -1.20. The number of nitrogens with one attached hydrogen (secondary N) is 1. The Balaban J connectivity index is 2.03. The Kier molecular flexibility index (Phi) is 8.08. The molecule has 8 heteroatoms. The summed E-state index contributed by atoms with van der Waals surface area (Å²) < 4.78 is 15.6. The highest BCUT2D eigenvalue weighted by molar-refractivity contribution is 7.90. The number of aliphatic hydroxyl groups excluding tert-OH is 2. The molecular formula is C25H34N2O5S. The number of likely N-dealkylation sites (tertiary alicyclic amines) is 1. The molecule has 0 aromatic heterocycles. The maximum absolute atomic E-state index is 13.1. The van der Waals surface area contributed by atoms with Gasteiger partial charge in [-0.05, 0) is 56.7 Å². The van der Waals surface area contributed by atoms with E-state index in [0.29, 0.717) is 25.8 Å². The number of rotatable bonds is 7. The van der Waals surface area contributed by atoms with E-state index < -0.39 is 46.5 Å². The second-order valence-corrected chi connectivity index (χ2v) is 11.6. The Morgan fingerprint density at radius 2 is 1.88 bits per heavy atom. The molecule has 4 atom stereocenters. The van der Waals surface area contributed by atoms with Gasteiger partial charge in [-0.2, -0.15) is 0 Å². The lowest BCUT2D eigenvalue weighted by Gasteiger charge is -2.51. The number of aliphatic hydroxyl groups is 2. The van der Waals surface area contributed by atoms with E-state index in [-0.39, 0.29) is 0 Å². The molecule has 0 spiro atoms. The van der Waals surface area contributed by atoms with Gasteiger partial charge < -0.3 is 24.8 Å². The lowest BCUT2D eigenvalue weighted by atomic mass is 9.75.